The molecule has 0 radical (unpaired) electrons. The summed E-state index contributed by atoms with van der Waals surface area (Å²) in [5.74, 6) is -0.855. The number of anilines is 1. The molecule has 1 unspecified atom stereocenters. The highest BCUT2D eigenvalue weighted by Crippen LogP contribution is 2.40. The predicted octanol–water partition coefficient (Wildman–Crippen LogP) is 2.27. The molecule has 1 spiro atoms. The third-order valence-corrected chi connectivity index (χ3v) is 6.11. The van der Waals surface area contributed by atoms with E-state index >= 15 is 0 Å². The number of hydrogen-bond acceptors (Lipinski definition) is 6. The molecule has 1 atom stereocenters. The van der Waals surface area contributed by atoms with E-state index in [1.54, 1.807) is 6.07 Å². The summed E-state index contributed by atoms with van der Waals surface area (Å²) in [6.45, 7) is 6.34. The van der Waals surface area contributed by atoms with Crippen molar-refractivity contribution < 1.29 is 18.3 Å². The minimum atomic E-state index is -0.811. The van der Waals surface area contributed by atoms with Gasteiger partial charge in [0.25, 0.3) is 0 Å². The van der Waals surface area contributed by atoms with Crippen LogP contribution in [0.5, 0.6) is 0 Å². The lowest BCUT2D eigenvalue weighted by molar-refractivity contribution is 0.0502. The second-order valence-electron chi connectivity index (χ2n) is 8.13. The normalized spacial score (nSPS) is 24.8. The Bertz CT molecular complexity index is 906. The van der Waals surface area contributed by atoms with Gasteiger partial charge in [0, 0.05) is 37.9 Å². The van der Waals surface area contributed by atoms with Crippen molar-refractivity contribution in [1.29, 1.82) is 0 Å². The number of ether oxygens (including phenoxy) is 2. The lowest BCUT2D eigenvalue weighted by Crippen LogP contribution is -2.42. The molecule has 0 amide bonds. The van der Waals surface area contributed by atoms with Crippen molar-refractivity contribution in [2.24, 2.45) is 0 Å². The summed E-state index contributed by atoms with van der Waals surface area (Å²) in [5, 5.41) is 0. The zero-order valence-electron chi connectivity index (χ0n) is 16.2. The van der Waals surface area contributed by atoms with Crippen LogP contribution in [0, 0.1) is 11.6 Å². The Morgan fingerprint density at radius 2 is 1.93 bits per heavy atom. The Morgan fingerprint density at radius 3 is 2.76 bits per heavy atom. The monoisotopic (exact) mass is 402 g/mol. The predicted molar refractivity (Wildman–Crippen MR) is 103 cm³/mol. The Kier molecular flexibility index (Phi) is 4.93. The SMILES string of the molecule is Fc1ccc(CN2CCC3(COCc4cnc(N5CCOCC5)nc43)C2)cc1F. The second-order valence-corrected chi connectivity index (χ2v) is 8.13. The van der Waals surface area contributed by atoms with Crippen LogP contribution in [0.15, 0.2) is 24.4 Å². The van der Waals surface area contributed by atoms with Crippen LogP contribution in [-0.4, -0.2) is 60.9 Å². The first-order valence-electron chi connectivity index (χ1n) is 10.1. The number of likely N-dealkylation sites (tertiary alicyclic amines) is 1. The number of hydrogen-bond donors (Lipinski definition) is 0. The van der Waals surface area contributed by atoms with E-state index in [1.807, 2.05) is 6.20 Å². The van der Waals surface area contributed by atoms with E-state index < -0.39 is 11.6 Å². The topological polar surface area (TPSA) is 50.7 Å². The number of nitrogens with zero attached hydrogens (tertiary/aromatic N) is 4. The first-order chi connectivity index (χ1) is 14.1. The maximum absolute atomic E-state index is 13.6. The van der Waals surface area contributed by atoms with Crippen molar-refractivity contribution >= 4 is 5.95 Å². The second kappa shape index (κ2) is 7.59. The fraction of sp³-hybridized carbons (Fsp3) is 0.524. The highest BCUT2D eigenvalue weighted by atomic mass is 19.2. The summed E-state index contributed by atoms with van der Waals surface area (Å²) in [5.41, 5.74) is 2.71. The van der Waals surface area contributed by atoms with Gasteiger partial charge in [0.15, 0.2) is 11.6 Å². The van der Waals surface area contributed by atoms with E-state index in [2.05, 4.69) is 14.8 Å². The fourth-order valence-electron chi connectivity index (χ4n) is 4.60. The average Bonchev–Trinajstić information content (AvgIpc) is 3.14. The van der Waals surface area contributed by atoms with Crippen molar-refractivity contribution in [2.45, 2.75) is 25.0 Å². The van der Waals surface area contributed by atoms with Crippen LogP contribution in [0.4, 0.5) is 14.7 Å². The van der Waals surface area contributed by atoms with Crippen LogP contribution >= 0.6 is 0 Å². The van der Waals surface area contributed by atoms with E-state index in [4.69, 9.17) is 14.5 Å². The van der Waals surface area contributed by atoms with Crippen LogP contribution in [0.2, 0.25) is 0 Å². The third kappa shape index (κ3) is 3.60. The van der Waals surface area contributed by atoms with Gasteiger partial charge >= 0.3 is 0 Å². The summed E-state index contributed by atoms with van der Waals surface area (Å²) < 4.78 is 38.1. The molecule has 1 aromatic carbocycles. The van der Waals surface area contributed by atoms with Gasteiger partial charge in [0.05, 0.1) is 37.5 Å². The summed E-state index contributed by atoms with van der Waals surface area (Å²) in [7, 11) is 0. The molecule has 2 fully saturated rings. The van der Waals surface area contributed by atoms with Gasteiger partial charge in [0.1, 0.15) is 0 Å². The number of rotatable bonds is 3. The molecule has 3 aliphatic heterocycles. The molecule has 4 heterocycles. The molecule has 5 rings (SSSR count). The molecule has 0 aliphatic carbocycles. The molecule has 1 aromatic heterocycles. The van der Waals surface area contributed by atoms with Crippen LogP contribution < -0.4 is 4.90 Å². The summed E-state index contributed by atoms with van der Waals surface area (Å²) in [6.07, 6.45) is 2.81. The number of fused-ring (bicyclic) bond motifs is 2. The first-order valence-corrected chi connectivity index (χ1v) is 10.1. The molecule has 0 saturated carbocycles. The first kappa shape index (κ1) is 18.8. The molecule has 3 aliphatic rings. The molecule has 154 valence electrons. The molecular weight excluding hydrogens is 378 g/mol. The standard InChI is InChI=1S/C21H24F2N4O2/c22-17-2-1-15(9-18(17)23)11-26-4-3-21(13-26)14-29-12-16-10-24-20(25-19(16)21)27-5-7-28-8-6-27/h1-2,9-10H,3-8,11-14H2. The van der Waals surface area contributed by atoms with Crippen molar-refractivity contribution in [3.05, 3.63) is 52.9 Å². The molecule has 2 saturated heterocycles. The van der Waals surface area contributed by atoms with Gasteiger partial charge in [-0.15, -0.1) is 0 Å². The summed E-state index contributed by atoms with van der Waals surface area (Å²) in [4.78, 5) is 14.0. The van der Waals surface area contributed by atoms with Crippen molar-refractivity contribution in [2.75, 3.05) is 50.9 Å². The van der Waals surface area contributed by atoms with Gasteiger partial charge in [-0.3, -0.25) is 4.90 Å². The van der Waals surface area contributed by atoms with E-state index in [9.17, 15) is 8.78 Å². The highest BCUT2D eigenvalue weighted by Gasteiger charge is 2.45. The fourth-order valence-corrected chi connectivity index (χ4v) is 4.60. The summed E-state index contributed by atoms with van der Waals surface area (Å²) in [6, 6.07) is 4.12. The number of halogens is 2. The number of aromatic nitrogens is 2. The van der Waals surface area contributed by atoms with Crippen molar-refractivity contribution in [1.82, 2.24) is 14.9 Å². The smallest absolute Gasteiger partial charge is 0.225 e. The van der Waals surface area contributed by atoms with Crippen LogP contribution in [0.25, 0.3) is 0 Å². The number of morpholine rings is 1. The Morgan fingerprint density at radius 1 is 1.07 bits per heavy atom. The maximum Gasteiger partial charge on any atom is 0.225 e. The van der Waals surface area contributed by atoms with Crippen molar-refractivity contribution in [3.63, 3.8) is 0 Å². The Hall–Kier alpha value is -2.16. The molecular formula is C21H24F2N4O2. The Labute approximate surface area is 168 Å². The van der Waals surface area contributed by atoms with E-state index in [0.29, 0.717) is 33.0 Å². The molecule has 8 heteroatoms. The van der Waals surface area contributed by atoms with Gasteiger partial charge in [-0.05, 0) is 30.7 Å². The molecule has 0 bridgehead atoms. The highest BCUT2D eigenvalue weighted by molar-refractivity contribution is 5.39. The van der Waals surface area contributed by atoms with Gasteiger partial charge in [-0.1, -0.05) is 6.07 Å². The maximum atomic E-state index is 13.6. The van der Waals surface area contributed by atoms with Gasteiger partial charge < -0.3 is 14.4 Å². The summed E-state index contributed by atoms with van der Waals surface area (Å²) >= 11 is 0. The number of benzene rings is 1. The molecule has 0 N–H and O–H groups in total. The minimum absolute atomic E-state index is 0.184. The van der Waals surface area contributed by atoms with E-state index in [0.717, 1.165) is 55.4 Å². The quantitative estimate of drug-likeness (QED) is 0.785. The van der Waals surface area contributed by atoms with Crippen LogP contribution in [0.1, 0.15) is 23.2 Å². The van der Waals surface area contributed by atoms with Gasteiger partial charge in [-0.25, -0.2) is 18.7 Å². The minimum Gasteiger partial charge on any atom is -0.378 e. The molecule has 2 aromatic rings. The third-order valence-electron chi connectivity index (χ3n) is 6.11. The lowest BCUT2D eigenvalue weighted by atomic mass is 9.80. The van der Waals surface area contributed by atoms with Crippen molar-refractivity contribution in [3.8, 4) is 0 Å². The molecule has 6 nitrogen and oxygen atoms in total. The van der Waals surface area contributed by atoms with Gasteiger partial charge in [-0.2, -0.15) is 0 Å². The van der Waals surface area contributed by atoms with Crippen LogP contribution in [-0.2, 0) is 28.0 Å². The Balaban J connectivity index is 1.38. The largest absolute Gasteiger partial charge is 0.378 e. The molecule has 29 heavy (non-hydrogen) atoms. The lowest BCUT2D eigenvalue weighted by Gasteiger charge is -2.35. The average molecular weight is 402 g/mol. The van der Waals surface area contributed by atoms with E-state index in [-0.39, 0.29) is 5.41 Å². The van der Waals surface area contributed by atoms with Gasteiger partial charge in [0.2, 0.25) is 5.95 Å². The van der Waals surface area contributed by atoms with E-state index in [1.165, 1.54) is 12.1 Å². The zero-order valence-corrected chi connectivity index (χ0v) is 16.2. The zero-order chi connectivity index (χ0) is 19.8. The van der Waals surface area contributed by atoms with Crippen LogP contribution in [0.3, 0.4) is 0 Å².